The second kappa shape index (κ2) is 7.57. The zero-order chi connectivity index (χ0) is 18.7. The van der Waals surface area contributed by atoms with Gasteiger partial charge in [0.15, 0.2) is 5.78 Å². The first kappa shape index (κ1) is 17.8. The molecule has 0 amide bonds. The third-order valence-electron chi connectivity index (χ3n) is 5.56. The van der Waals surface area contributed by atoms with Crippen molar-refractivity contribution in [3.63, 3.8) is 0 Å². The minimum Gasteiger partial charge on any atom is -0.497 e. The van der Waals surface area contributed by atoms with Crippen LogP contribution < -0.4 is 4.74 Å². The summed E-state index contributed by atoms with van der Waals surface area (Å²) in [5.74, 6) is 1.00. The molecule has 27 heavy (non-hydrogen) atoms. The molecule has 4 heteroatoms. The standard InChI is InChI=1S/C23H25NO3/c1-26-21-10-8-19(9-11-21)22-14-20(25)15-23(12-5-13-24(22)23)17-27-16-18-6-3-2-4-7-18/h2-4,6-11,14H,5,12-13,15-17H2,1H3/t23-/m1/s1. The van der Waals surface area contributed by atoms with E-state index in [1.807, 2.05) is 42.5 Å². The number of carbonyl (C=O) groups is 1. The Bertz CT molecular complexity index is 828. The van der Waals surface area contributed by atoms with Crippen molar-refractivity contribution < 1.29 is 14.3 Å². The van der Waals surface area contributed by atoms with Crippen LogP contribution in [0.15, 0.2) is 60.7 Å². The van der Waals surface area contributed by atoms with Crippen LogP contribution in [0.5, 0.6) is 5.75 Å². The lowest BCUT2D eigenvalue weighted by Crippen LogP contribution is -2.50. The summed E-state index contributed by atoms with van der Waals surface area (Å²) in [5.41, 5.74) is 3.00. The number of nitrogens with zero attached hydrogens (tertiary/aromatic N) is 1. The zero-order valence-electron chi connectivity index (χ0n) is 15.7. The van der Waals surface area contributed by atoms with Gasteiger partial charge in [-0.15, -0.1) is 0 Å². The number of rotatable bonds is 6. The predicted octanol–water partition coefficient (Wildman–Crippen LogP) is 4.06. The number of allylic oxidation sites excluding steroid dienone is 1. The summed E-state index contributed by atoms with van der Waals surface area (Å²) in [6.07, 6.45) is 4.39. The van der Waals surface area contributed by atoms with E-state index >= 15 is 0 Å². The summed E-state index contributed by atoms with van der Waals surface area (Å²) in [4.78, 5) is 15.0. The molecule has 2 aliphatic rings. The molecule has 0 spiro atoms. The van der Waals surface area contributed by atoms with E-state index in [1.54, 1.807) is 13.2 Å². The number of hydrogen-bond donors (Lipinski definition) is 0. The van der Waals surface area contributed by atoms with Crippen LogP contribution in [0.4, 0.5) is 0 Å². The quantitative estimate of drug-likeness (QED) is 0.776. The lowest BCUT2D eigenvalue weighted by Gasteiger charge is -2.43. The molecular weight excluding hydrogens is 338 g/mol. The molecule has 2 aliphatic heterocycles. The number of carbonyl (C=O) groups excluding carboxylic acids is 1. The summed E-state index contributed by atoms with van der Waals surface area (Å²) in [6.45, 7) is 2.10. The van der Waals surface area contributed by atoms with E-state index in [0.717, 1.165) is 42.0 Å². The van der Waals surface area contributed by atoms with Gasteiger partial charge < -0.3 is 14.4 Å². The molecule has 0 aliphatic carbocycles. The zero-order valence-corrected chi connectivity index (χ0v) is 15.7. The van der Waals surface area contributed by atoms with Crippen molar-refractivity contribution in [3.05, 3.63) is 71.8 Å². The number of hydrogen-bond acceptors (Lipinski definition) is 4. The van der Waals surface area contributed by atoms with Crippen LogP contribution in [0, 0.1) is 0 Å². The maximum Gasteiger partial charge on any atom is 0.160 e. The van der Waals surface area contributed by atoms with Crippen molar-refractivity contribution >= 4 is 11.5 Å². The summed E-state index contributed by atoms with van der Waals surface area (Å²) in [6, 6.07) is 18.1. The molecule has 2 heterocycles. The lowest BCUT2D eigenvalue weighted by molar-refractivity contribution is -0.118. The van der Waals surface area contributed by atoms with E-state index in [0.29, 0.717) is 19.6 Å². The largest absolute Gasteiger partial charge is 0.497 e. The van der Waals surface area contributed by atoms with E-state index < -0.39 is 0 Å². The molecule has 0 N–H and O–H groups in total. The summed E-state index contributed by atoms with van der Waals surface area (Å²) in [7, 11) is 1.66. The highest BCUT2D eigenvalue weighted by molar-refractivity contribution is 5.99. The number of benzene rings is 2. The number of methoxy groups -OCH3 is 1. The van der Waals surface area contributed by atoms with Crippen LogP contribution in [0.1, 0.15) is 30.4 Å². The molecule has 0 saturated carbocycles. The van der Waals surface area contributed by atoms with Gasteiger partial charge in [0.25, 0.3) is 0 Å². The molecule has 2 aromatic rings. The Kier molecular flexibility index (Phi) is 4.99. The highest BCUT2D eigenvalue weighted by Gasteiger charge is 2.46. The molecule has 1 fully saturated rings. The topological polar surface area (TPSA) is 38.8 Å². The summed E-state index contributed by atoms with van der Waals surface area (Å²) >= 11 is 0. The molecule has 0 radical (unpaired) electrons. The van der Waals surface area contributed by atoms with Gasteiger partial charge in [-0.05, 0) is 48.2 Å². The van der Waals surface area contributed by atoms with Crippen molar-refractivity contribution in [1.29, 1.82) is 0 Å². The Hall–Kier alpha value is -2.59. The third-order valence-corrected chi connectivity index (χ3v) is 5.56. The normalized spacial score (nSPS) is 21.7. The maximum absolute atomic E-state index is 12.6. The first-order valence-electron chi connectivity index (χ1n) is 9.48. The first-order chi connectivity index (χ1) is 13.2. The SMILES string of the molecule is COc1ccc(C2=CC(=O)C[C@@]3(COCc4ccccc4)CCCN23)cc1. The minimum atomic E-state index is -0.226. The fraction of sp³-hybridized carbons (Fsp3) is 0.348. The highest BCUT2D eigenvalue weighted by atomic mass is 16.5. The van der Waals surface area contributed by atoms with Crippen LogP contribution in [-0.2, 0) is 16.1 Å². The van der Waals surface area contributed by atoms with E-state index in [4.69, 9.17) is 9.47 Å². The van der Waals surface area contributed by atoms with Gasteiger partial charge in [0.1, 0.15) is 5.75 Å². The lowest BCUT2D eigenvalue weighted by atomic mass is 9.86. The monoisotopic (exact) mass is 363 g/mol. The molecule has 0 unspecified atom stereocenters. The fourth-order valence-electron chi connectivity index (χ4n) is 4.24. The molecule has 0 bridgehead atoms. The van der Waals surface area contributed by atoms with Crippen LogP contribution in [-0.4, -0.2) is 36.5 Å². The van der Waals surface area contributed by atoms with Crippen molar-refractivity contribution in [1.82, 2.24) is 4.90 Å². The van der Waals surface area contributed by atoms with Crippen LogP contribution >= 0.6 is 0 Å². The summed E-state index contributed by atoms with van der Waals surface area (Å²) < 4.78 is 11.4. The van der Waals surface area contributed by atoms with E-state index in [1.165, 1.54) is 0 Å². The van der Waals surface area contributed by atoms with Gasteiger partial charge in [-0.1, -0.05) is 30.3 Å². The van der Waals surface area contributed by atoms with Crippen molar-refractivity contribution in [2.75, 3.05) is 20.3 Å². The first-order valence-corrected chi connectivity index (χ1v) is 9.48. The smallest absolute Gasteiger partial charge is 0.160 e. The average molecular weight is 363 g/mol. The van der Waals surface area contributed by atoms with Gasteiger partial charge in [-0.2, -0.15) is 0 Å². The van der Waals surface area contributed by atoms with Gasteiger partial charge in [0.2, 0.25) is 0 Å². The molecule has 0 aromatic heterocycles. The number of fused-ring (bicyclic) bond motifs is 1. The van der Waals surface area contributed by atoms with Gasteiger partial charge >= 0.3 is 0 Å². The molecule has 140 valence electrons. The maximum atomic E-state index is 12.6. The van der Waals surface area contributed by atoms with Crippen LogP contribution in [0.2, 0.25) is 0 Å². The Morgan fingerprint density at radius 1 is 1.07 bits per heavy atom. The van der Waals surface area contributed by atoms with Gasteiger partial charge in [-0.3, -0.25) is 4.79 Å². The molecule has 4 nitrogen and oxygen atoms in total. The second-order valence-corrected chi connectivity index (χ2v) is 7.36. The Morgan fingerprint density at radius 2 is 1.85 bits per heavy atom. The van der Waals surface area contributed by atoms with Gasteiger partial charge in [-0.25, -0.2) is 0 Å². The second-order valence-electron chi connectivity index (χ2n) is 7.36. The van der Waals surface area contributed by atoms with Crippen molar-refractivity contribution in [2.45, 2.75) is 31.4 Å². The minimum absolute atomic E-state index is 0.183. The van der Waals surface area contributed by atoms with Gasteiger partial charge in [0, 0.05) is 24.7 Å². The Balaban J connectivity index is 1.54. The average Bonchev–Trinajstić information content (AvgIpc) is 3.12. The van der Waals surface area contributed by atoms with E-state index in [9.17, 15) is 4.79 Å². The highest BCUT2D eigenvalue weighted by Crippen LogP contribution is 2.42. The van der Waals surface area contributed by atoms with Crippen molar-refractivity contribution in [2.24, 2.45) is 0 Å². The molecule has 4 rings (SSSR count). The van der Waals surface area contributed by atoms with Crippen LogP contribution in [0.3, 0.4) is 0 Å². The van der Waals surface area contributed by atoms with E-state index in [-0.39, 0.29) is 11.3 Å². The van der Waals surface area contributed by atoms with Gasteiger partial charge in [0.05, 0.1) is 25.9 Å². The van der Waals surface area contributed by atoms with Crippen LogP contribution in [0.25, 0.3) is 5.70 Å². The fourth-order valence-corrected chi connectivity index (χ4v) is 4.24. The Labute approximate surface area is 160 Å². The van der Waals surface area contributed by atoms with Crippen molar-refractivity contribution in [3.8, 4) is 5.75 Å². The Morgan fingerprint density at radius 3 is 2.59 bits per heavy atom. The molecule has 2 aromatic carbocycles. The number of ketones is 1. The van der Waals surface area contributed by atoms with E-state index in [2.05, 4.69) is 17.0 Å². The third kappa shape index (κ3) is 3.62. The molecule has 1 saturated heterocycles. The summed E-state index contributed by atoms with van der Waals surface area (Å²) in [5, 5.41) is 0. The molecular formula is C23H25NO3. The predicted molar refractivity (Wildman–Crippen MR) is 105 cm³/mol. The number of ether oxygens (including phenoxy) is 2. The molecule has 1 atom stereocenters.